The number of nitrogens with one attached hydrogen (secondary N) is 1. The van der Waals surface area contributed by atoms with Gasteiger partial charge in [0.15, 0.2) is 11.0 Å². The van der Waals surface area contributed by atoms with E-state index in [4.69, 9.17) is 27.9 Å². The Labute approximate surface area is 188 Å². The van der Waals surface area contributed by atoms with E-state index in [1.165, 1.54) is 30.0 Å². The Morgan fingerprint density at radius 2 is 2.03 bits per heavy atom. The smallest absolute Gasteiger partial charge is 0.234 e. The van der Waals surface area contributed by atoms with Crippen LogP contribution in [-0.2, 0) is 18.4 Å². The molecule has 152 valence electrons. The van der Waals surface area contributed by atoms with Crippen molar-refractivity contribution in [3.8, 4) is 5.75 Å². The lowest BCUT2D eigenvalue weighted by molar-refractivity contribution is -0.113. The maximum atomic E-state index is 13.2. The van der Waals surface area contributed by atoms with Gasteiger partial charge in [0.2, 0.25) is 5.91 Å². The second-order valence-electron chi connectivity index (χ2n) is 5.78. The molecule has 0 bridgehead atoms. The standard InChI is InChI=1S/C18H14BrCl2FN4O2S/c1-26-16(8-28-11-3-4-14(22)12(20)7-11)24-25-18(26)29-9-17(27)23-15-5-2-10(19)6-13(15)21/h2-7H,8-9H2,1H3,(H,23,27). The average Bonchev–Trinajstić information content (AvgIpc) is 3.03. The summed E-state index contributed by atoms with van der Waals surface area (Å²) in [6, 6.07) is 9.30. The molecule has 0 unspecified atom stereocenters. The van der Waals surface area contributed by atoms with Gasteiger partial charge < -0.3 is 14.6 Å². The molecule has 0 aliphatic heterocycles. The number of thioether (sulfide) groups is 1. The summed E-state index contributed by atoms with van der Waals surface area (Å²) in [5.74, 6) is 0.357. The molecule has 11 heteroatoms. The highest BCUT2D eigenvalue weighted by Gasteiger charge is 2.13. The van der Waals surface area contributed by atoms with Gasteiger partial charge in [-0.2, -0.15) is 0 Å². The van der Waals surface area contributed by atoms with E-state index < -0.39 is 5.82 Å². The van der Waals surface area contributed by atoms with Crippen molar-refractivity contribution in [2.45, 2.75) is 11.8 Å². The van der Waals surface area contributed by atoms with Gasteiger partial charge in [0.05, 0.1) is 21.5 Å². The monoisotopic (exact) mass is 518 g/mol. The summed E-state index contributed by atoms with van der Waals surface area (Å²) in [5.41, 5.74) is 0.533. The number of anilines is 1. The SMILES string of the molecule is Cn1c(COc2ccc(F)c(Cl)c2)nnc1SCC(=O)Nc1ccc(Br)cc1Cl. The first-order valence-electron chi connectivity index (χ1n) is 8.17. The van der Waals surface area contributed by atoms with Crippen LogP contribution in [0.5, 0.6) is 5.75 Å². The number of hydrogen-bond donors (Lipinski definition) is 1. The molecule has 3 aromatic rings. The van der Waals surface area contributed by atoms with Gasteiger partial charge in [0.1, 0.15) is 18.2 Å². The molecule has 1 amide bonds. The number of rotatable bonds is 7. The summed E-state index contributed by atoms with van der Waals surface area (Å²) in [6.45, 7) is 0.118. The van der Waals surface area contributed by atoms with Crippen LogP contribution >= 0.6 is 50.9 Å². The third kappa shape index (κ3) is 5.85. The zero-order valence-electron chi connectivity index (χ0n) is 15.0. The first-order valence-corrected chi connectivity index (χ1v) is 10.7. The van der Waals surface area contributed by atoms with Crippen LogP contribution in [0.1, 0.15) is 5.82 Å². The van der Waals surface area contributed by atoms with Gasteiger partial charge >= 0.3 is 0 Å². The molecule has 6 nitrogen and oxygen atoms in total. The molecule has 0 saturated heterocycles. The van der Waals surface area contributed by atoms with Crippen LogP contribution in [0.25, 0.3) is 0 Å². The summed E-state index contributed by atoms with van der Waals surface area (Å²) in [7, 11) is 1.77. The summed E-state index contributed by atoms with van der Waals surface area (Å²) >= 11 is 16.4. The van der Waals surface area contributed by atoms with E-state index in [9.17, 15) is 9.18 Å². The first kappa shape index (κ1) is 21.9. The van der Waals surface area contributed by atoms with Crippen molar-refractivity contribution < 1.29 is 13.9 Å². The number of halogens is 4. The van der Waals surface area contributed by atoms with E-state index in [1.807, 2.05) is 0 Å². The molecule has 1 N–H and O–H groups in total. The first-order chi connectivity index (χ1) is 13.8. The molecule has 0 radical (unpaired) electrons. The fraction of sp³-hybridized carbons (Fsp3) is 0.167. The van der Waals surface area contributed by atoms with Gasteiger partial charge in [0.25, 0.3) is 0 Å². The number of amides is 1. The molecule has 0 atom stereocenters. The summed E-state index contributed by atoms with van der Waals surface area (Å²) in [5, 5.41) is 11.9. The van der Waals surface area contributed by atoms with Crippen LogP contribution in [0.3, 0.4) is 0 Å². The maximum absolute atomic E-state index is 13.2. The van der Waals surface area contributed by atoms with Crippen molar-refractivity contribution in [1.29, 1.82) is 0 Å². The van der Waals surface area contributed by atoms with Crippen LogP contribution < -0.4 is 10.1 Å². The molecule has 0 aliphatic carbocycles. The van der Waals surface area contributed by atoms with Crippen LogP contribution in [0.2, 0.25) is 10.0 Å². The predicted octanol–water partition coefficient (Wildman–Crippen LogP) is 5.33. The van der Waals surface area contributed by atoms with Crippen molar-refractivity contribution in [1.82, 2.24) is 14.8 Å². The number of carbonyl (C=O) groups excluding carboxylic acids is 1. The van der Waals surface area contributed by atoms with Gasteiger partial charge in [-0.3, -0.25) is 4.79 Å². The predicted molar refractivity (Wildman–Crippen MR) is 115 cm³/mol. The zero-order valence-corrected chi connectivity index (χ0v) is 18.9. The quantitative estimate of drug-likeness (QED) is 0.427. The average molecular weight is 520 g/mol. The van der Waals surface area contributed by atoms with Crippen LogP contribution in [0, 0.1) is 5.82 Å². The van der Waals surface area contributed by atoms with Gasteiger partial charge in [-0.15, -0.1) is 10.2 Å². The summed E-state index contributed by atoms with van der Waals surface area (Å²) in [4.78, 5) is 12.2. The minimum Gasteiger partial charge on any atom is -0.486 e. The van der Waals surface area contributed by atoms with Gasteiger partial charge in [-0.25, -0.2) is 4.39 Å². The van der Waals surface area contributed by atoms with Gasteiger partial charge in [-0.1, -0.05) is 50.9 Å². The molecular formula is C18H14BrCl2FN4O2S. The number of aromatic nitrogens is 3. The number of ether oxygens (including phenoxy) is 1. The fourth-order valence-corrected chi connectivity index (χ4v) is 3.84. The van der Waals surface area contributed by atoms with Crippen molar-refractivity contribution in [3.63, 3.8) is 0 Å². The molecule has 3 rings (SSSR count). The molecule has 0 spiro atoms. The minimum absolute atomic E-state index is 0.0198. The third-order valence-electron chi connectivity index (χ3n) is 3.72. The van der Waals surface area contributed by atoms with Crippen LogP contribution in [0.15, 0.2) is 46.0 Å². The fourth-order valence-electron chi connectivity index (χ4n) is 2.22. The van der Waals surface area contributed by atoms with E-state index >= 15 is 0 Å². The lowest BCUT2D eigenvalue weighted by Crippen LogP contribution is -2.15. The summed E-state index contributed by atoms with van der Waals surface area (Å²) < 4.78 is 21.3. The van der Waals surface area contributed by atoms with Crippen molar-refractivity contribution in [2.24, 2.45) is 7.05 Å². The molecule has 2 aromatic carbocycles. The minimum atomic E-state index is -0.515. The molecule has 0 aliphatic rings. The van der Waals surface area contributed by atoms with E-state index in [0.717, 1.165) is 4.47 Å². The Hall–Kier alpha value is -1.81. The highest BCUT2D eigenvalue weighted by Crippen LogP contribution is 2.26. The number of carbonyl (C=O) groups is 1. The van der Waals surface area contributed by atoms with Crippen molar-refractivity contribution >= 4 is 62.5 Å². The second-order valence-corrected chi connectivity index (χ2v) is 8.46. The second kappa shape index (κ2) is 9.80. The molecule has 1 heterocycles. The number of benzene rings is 2. The molecule has 1 aromatic heterocycles. The van der Waals surface area contributed by atoms with E-state index in [2.05, 4.69) is 31.4 Å². The van der Waals surface area contributed by atoms with Crippen molar-refractivity contribution in [3.05, 3.63) is 62.6 Å². The van der Waals surface area contributed by atoms with E-state index in [1.54, 1.807) is 29.8 Å². The molecular weight excluding hydrogens is 506 g/mol. The normalized spacial score (nSPS) is 10.8. The van der Waals surface area contributed by atoms with E-state index in [-0.39, 0.29) is 23.3 Å². The topological polar surface area (TPSA) is 69.0 Å². The Morgan fingerprint density at radius 1 is 1.24 bits per heavy atom. The Balaban J connectivity index is 1.55. The maximum Gasteiger partial charge on any atom is 0.234 e. The van der Waals surface area contributed by atoms with Gasteiger partial charge in [0, 0.05) is 17.6 Å². The Morgan fingerprint density at radius 3 is 2.76 bits per heavy atom. The third-order valence-corrected chi connectivity index (χ3v) is 5.84. The van der Waals surface area contributed by atoms with Gasteiger partial charge in [-0.05, 0) is 30.3 Å². The Kier molecular flexibility index (Phi) is 7.39. The molecule has 0 fully saturated rings. The summed E-state index contributed by atoms with van der Waals surface area (Å²) in [6.07, 6.45) is 0. The lowest BCUT2D eigenvalue weighted by atomic mass is 10.3. The molecule has 0 saturated carbocycles. The molecule has 29 heavy (non-hydrogen) atoms. The number of nitrogens with zero attached hydrogens (tertiary/aromatic N) is 3. The highest BCUT2D eigenvalue weighted by molar-refractivity contribution is 9.10. The Bertz CT molecular complexity index is 1050. The highest BCUT2D eigenvalue weighted by atomic mass is 79.9. The van der Waals surface area contributed by atoms with Crippen LogP contribution in [-0.4, -0.2) is 26.4 Å². The zero-order chi connectivity index (χ0) is 21.0. The number of hydrogen-bond acceptors (Lipinski definition) is 5. The van der Waals surface area contributed by atoms with Crippen molar-refractivity contribution in [2.75, 3.05) is 11.1 Å². The van der Waals surface area contributed by atoms with Crippen LogP contribution in [0.4, 0.5) is 10.1 Å². The largest absolute Gasteiger partial charge is 0.486 e. The lowest BCUT2D eigenvalue weighted by Gasteiger charge is -2.08. The van der Waals surface area contributed by atoms with E-state index in [0.29, 0.717) is 27.4 Å².